The standard InChI is InChI=1S/C9H10F2N2/c10-9(11)5-8(9)2-1-7-6(3-8)4-12-13-7/h4H,1-3,5H2,(H,12,13). The van der Waals surface area contributed by atoms with Crippen LogP contribution >= 0.6 is 0 Å². The van der Waals surface area contributed by atoms with Crippen molar-refractivity contribution in [2.45, 2.75) is 31.6 Å². The van der Waals surface area contributed by atoms with Gasteiger partial charge in [0.05, 0.1) is 6.20 Å². The Morgan fingerprint density at radius 3 is 2.92 bits per heavy atom. The van der Waals surface area contributed by atoms with Crippen LogP contribution in [0, 0.1) is 5.41 Å². The summed E-state index contributed by atoms with van der Waals surface area (Å²) in [6, 6.07) is 0. The van der Waals surface area contributed by atoms with Gasteiger partial charge in [-0.2, -0.15) is 5.10 Å². The molecule has 1 saturated carbocycles. The van der Waals surface area contributed by atoms with Gasteiger partial charge in [0.25, 0.3) is 5.92 Å². The first kappa shape index (κ1) is 7.47. The molecule has 1 unspecified atom stereocenters. The highest BCUT2D eigenvalue weighted by atomic mass is 19.3. The number of alkyl halides is 2. The van der Waals surface area contributed by atoms with Crippen LogP contribution in [0.25, 0.3) is 0 Å². The molecule has 0 aliphatic heterocycles. The van der Waals surface area contributed by atoms with Crippen molar-refractivity contribution < 1.29 is 8.78 Å². The number of rotatable bonds is 0. The van der Waals surface area contributed by atoms with Crippen LogP contribution in [0.15, 0.2) is 6.20 Å². The predicted molar refractivity (Wildman–Crippen MR) is 42.6 cm³/mol. The smallest absolute Gasteiger partial charge is 0.254 e. The van der Waals surface area contributed by atoms with Gasteiger partial charge in [-0.25, -0.2) is 8.78 Å². The first-order valence-electron chi connectivity index (χ1n) is 4.52. The number of fused-ring (bicyclic) bond motifs is 1. The van der Waals surface area contributed by atoms with Gasteiger partial charge in [-0.3, -0.25) is 5.10 Å². The largest absolute Gasteiger partial charge is 0.282 e. The molecule has 2 aliphatic rings. The SMILES string of the molecule is FC1(F)CC12CCc1[nH]ncc1C2. The van der Waals surface area contributed by atoms with Crippen molar-refractivity contribution >= 4 is 0 Å². The Kier molecular flexibility index (Phi) is 1.11. The highest BCUT2D eigenvalue weighted by molar-refractivity contribution is 5.28. The lowest BCUT2D eigenvalue weighted by molar-refractivity contribution is 0.0579. The summed E-state index contributed by atoms with van der Waals surface area (Å²) in [4.78, 5) is 0. The van der Waals surface area contributed by atoms with E-state index >= 15 is 0 Å². The molecule has 1 aromatic rings. The fourth-order valence-electron chi connectivity index (χ4n) is 2.37. The number of hydrogen-bond donors (Lipinski definition) is 1. The Hall–Kier alpha value is -0.930. The van der Waals surface area contributed by atoms with E-state index in [1.165, 1.54) is 0 Å². The number of aryl methyl sites for hydroxylation is 1. The average Bonchev–Trinajstić information content (AvgIpc) is 2.48. The third kappa shape index (κ3) is 0.833. The van der Waals surface area contributed by atoms with Crippen molar-refractivity contribution in [3.63, 3.8) is 0 Å². The van der Waals surface area contributed by atoms with Crippen LogP contribution in [0.1, 0.15) is 24.1 Å². The molecule has 2 aliphatic carbocycles. The van der Waals surface area contributed by atoms with Crippen LogP contribution in [0.4, 0.5) is 8.78 Å². The van der Waals surface area contributed by atoms with Gasteiger partial charge in [-0.15, -0.1) is 0 Å². The summed E-state index contributed by atoms with van der Waals surface area (Å²) in [6.07, 6.45) is 3.60. The lowest BCUT2D eigenvalue weighted by Crippen LogP contribution is -2.20. The second kappa shape index (κ2) is 1.94. The molecule has 1 fully saturated rings. The number of nitrogens with one attached hydrogen (secondary N) is 1. The Labute approximate surface area is 74.3 Å². The minimum absolute atomic E-state index is 0.0740. The van der Waals surface area contributed by atoms with Gasteiger partial charge < -0.3 is 0 Å². The first-order chi connectivity index (χ1) is 6.13. The van der Waals surface area contributed by atoms with Crippen LogP contribution in [-0.4, -0.2) is 16.1 Å². The predicted octanol–water partition coefficient (Wildman–Crippen LogP) is 1.92. The maximum absolute atomic E-state index is 13.0. The lowest BCUT2D eigenvalue weighted by Gasteiger charge is -2.20. The number of halogens is 2. The lowest BCUT2D eigenvalue weighted by atomic mass is 9.84. The maximum atomic E-state index is 13.0. The van der Waals surface area contributed by atoms with E-state index in [0.717, 1.165) is 17.7 Å². The average molecular weight is 184 g/mol. The van der Waals surface area contributed by atoms with Crippen LogP contribution in [0.2, 0.25) is 0 Å². The minimum atomic E-state index is -2.41. The van der Waals surface area contributed by atoms with E-state index < -0.39 is 11.3 Å². The molecule has 70 valence electrons. The van der Waals surface area contributed by atoms with E-state index in [4.69, 9.17) is 0 Å². The van der Waals surface area contributed by atoms with Crippen LogP contribution in [-0.2, 0) is 12.8 Å². The van der Waals surface area contributed by atoms with Crippen molar-refractivity contribution in [3.05, 3.63) is 17.5 Å². The molecule has 3 rings (SSSR count). The summed E-state index contributed by atoms with van der Waals surface area (Å²) < 4.78 is 26.1. The zero-order valence-electron chi connectivity index (χ0n) is 7.11. The summed E-state index contributed by atoms with van der Waals surface area (Å²) in [5.41, 5.74) is 1.33. The molecule has 2 nitrogen and oxygen atoms in total. The maximum Gasteiger partial charge on any atom is 0.254 e. The molecule has 1 N–H and O–H groups in total. The van der Waals surface area contributed by atoms with Crippen molar-refractivity contribution in [2.24, 2.45) is 5.41 Å². The van der Waals surface area contributed by atoms with E-state index in [1.54, 1.807) is 6.20 Å². The van der Waals surface area contributed by atoms with E-state index in [-0.39, 0.29) is 6.42 Å². The van der Waals surface area contributed by atoms with E-state index in [1.807, 2.05) is 0 Å². The van der Waals surface area contributed by atoms with Gasteiger partial charge in [-0.1, -0.05) is 0 Å². The molecular formula is C9H10F2N2. The Bertz CT molecular complexity index is 358. The van der Waals surface area contributed by atoms with E-state index in [0.29, 0.717) is 12.8 Å². The Balaban J connectivity index is 1.95. The molecule has 1 spiro atoms. The summed E-state index contributed by atoms with van der Waals surface area (Å²) in [5.74, 6) is -2.41. The van der Waals surface area contributed by atoms with Gasteiger partial charge in [0.2, 0.25) is 0 Å². The number of aromatic amines is 1. The molecule has 0 radical (unpaired) electrons. The van der Waals surface area contributed by atoms with Crippen LogP contribution in [0.3, 0.4) is 0 Å². The first-order valence-corrected chi connectivity index (χ1v) is 4.52. The zero-order valence-corrected chi connectivity index (χ0v) is 7.11. The molecule has 1 atom stereocenters. The molecule has 4 heteroatoms. The van der Waals surface area contributed by atoms with Crippen molar-refractivity contribution in [1.29, 1.82) is 0 Å². The number of nitrogens with zero attached hydrogens (tertiary/aromatic N) is 1. The molecule has 0 amide bonds. The van der Waals surface area contributed by atoms with Crippen LogP contribution in [0.5, 0.6) is 0 Å². The molecule has 1 heterocycles. The topological polar surface area (TPSA) is 28.7 Å². The van der Waals surface area contributed by atoms with Crippen molar-refractivity contribution in [1.82, 2.24) is 10.2 Å². The zero-order chi connectivity index (χ0) is 9.10. The molecule has 0 bridgehead atoms. The highest BCUT2D eigenvalue weighted by Gasteiger charge is 2.70. The monoisotopic (exact) mass is 184 g/mol. The third-order valence-corrected chi connectivity index (χ3v) is 3.40. The number of aromatic nitrogens is 2. The molecule has 0 aromatic carbocycles. The minimum Gasteiger partial charge on any atom is -0.282 e. The summed E-state index contributed by atoms with van der Waals surface area (Å²) >= 11 is 0. The van der Waals surface area contributed by atoms with Crippen molar-refractivity contribution in [3.8, 4) is 0 Å². The fraction of sp³-hybridized carbons (Fsp3) is 0.667. The summed E-state index contributed by atoms with van der Waals surface area (Å²) in [6.45, 7) is 0. The summed E-state index contributed by atoms with van der Waals surface area (Å²) in [7, 11) is 0. The van der Waals surface area contributed by atoms with Gasteiger partial charge in [0, 0.05) is 17.5 Å². The Morgan fingerprint density at radius 2 is 2.23 bits per heavy atom. The van der Waals surface area contributed by atoms with Crippen molar-refractivity contribution in [2.75, 3.05) is 0 Å². The summed E-state index contributed by atoms with van der Waals surface area (Å²) in [5, 5.41) is 6.73. The van der Waals surface area contributed by atoms with Gasteiger partial charge in [-0.05, 0) is 24.8 Å². The van der Waals surface area contributed by atoms with Gasteiger partial charge in [0.1, 0.15) is 0 Å². The van der Waals surface area contributed by atoms with Gasteiger partial charge >= 0.3 is 0 Å². The second-order valence-corrected chi connectivity index (χ2v) is 4.21. The van der Waals surface area contributed by atoms with E-state index in [2.05, 4.69) is 10.2 Å². The molecule has 13 heavy (non-hydrogen) atoms. The molecule has 1 aromatic heterocycles. The third-order valence-electron chi connectivity index (χ3n) is 3.40. The highest BCUT2D eigenvalue weighted by Crippen LogP contribution is 2.65. The quantitative estimate of drug-likeness (QED) is 0.655. The molecular weight excluding hydrogens is 174 g/mol. The normalized spacial score (nSPS) is 34.6. The molecule has 0 saturated heterocycles. The number of H-pyrrole nitrogens is 1. The van der Waals surface area contributed by atoms with Gasteiger partial charge in [0.15, 0.2) is 0 Å². The number of hydrogen-bond acceptors (Lipinski definition) is 1. The fourth-order valence-corrected chi connectivity index (χ4v) is 2.37. The van der Waals surface area contributed by atoms with E-state index in [9.17, 15) is 8.78 Å². The second-order valence-electron chi connectivity index (χ2n) is 4.21. The van der Waals surface area contributed by atoms with Crippen LogP contribution < -0.4 is 0 Å². The Morgan fingerprint density at radius 1 is 1.46 bits per heavy atom.